The van der Waals surface area contributed by atoms with Gasteiger partial charge in [0.25, 0.3) is 0 Å². The molecule has 4 nitrogen and oxygen atoms in total. The first-order chi connectivity index (χ1) is 12.2. The number of carbonyl (C=O) groups excluding carboxylic acids is 2. The van der Waals surface area contributed by atoms with Crippen LogP contribution < -0.4 is 0 Å². The number of methoxy groups -OCH3 is 1. The van der Waals surface area contributed by atoms with Crippen LogP contribution in [0, 0.1) is 5.92 Å². The number of rotatable bonds is 11. The summed E-state index contributed by atoms with van der Waals surface area (Å²) in [7, 11) is 1.40. The zero-order valence-electron chi connectivity index (χ0n) is 15.4. The maximum atomic E-state index is 12.1. The minimum Gasteiger partial charge on any atom is -0.469 e. The van der Waals surface area contributed by atoms with Gasteiger partial charge in [-0.25, -0.2) is 0 Å². The van der Waals surface area contributed by atoms with Crippen LogP contribution in [0.3, 0.4) is 0 Å². The quantitative estimate of drug-likeness (QED) is 0.184. The third-order valence-corrected chi connectivity index (χ3v) is 4.76. The van der Waals surface area contributed by atoms with Crippen LogP contribution in [0.5, 0.6) is 0 Å². The van der Waals surface area contributed by atoms with Crippen LogP contribution in [0.1, 0.15) is 58.3 Å². The first-order valence-electron chi connectivity index (χ1n) is 9.47. The van der Waals surface area contributed by atoms with E-state index in [4.69, 9.17) is 4.74 Å². The molecule has 2 aliphatic rings. The zero-order valence-corrected chi connectivity index (χ0v) is 15.4. The van der Waals surface area contributed by atoms with Crippen molar-refractivity contribution in [1.82, 2.24) is 0 Å². The number of hydrogen-bond donors (Lipinski definition) is 0. The highest BCUT2D eigenvalue weighted by atomic mass is 16.6. The van der Waals surface area contributed by atoms with E-state index in [2.05, 4.69) is 23.8 Å². The van der Waals surface area contributed by atoms with Crippen LogP contribution in [0.15, 0.2) is 36.0 Å². The molecular formula is C21H30O4. The van der Waals surface area contributed by atoms with Crippen molar-refractivity contribution in [2.45, 2.75) is 70.5 Å². The lowest BCUT2D eigenvalue weighted by atomic mass is 9.96. The molecule has 0 bridgehead atoms. The number of carbonyl (C=O) groups is 2. The molecule has 0 radical (unpaired) electrons. The number of ketones is 1. The maximum absolute atomic E-state index is 12.1. The Balaban J connectivity index is 1.74. The van der Waals surface area contributed by atoms with Crippen molar-refractivity contribution in [3.63, 3.8) is 0 Å². The van der Waals surface area contributed by atoms with Crippen LogP contribution in [0.4, 0.5) is 0 Å². The van der Waals surface area contributed by atoms with Crippen LogP contribution in [0.2, 0.25) is 0 Å². The molecule has 4 heteroatoms. The fraction of sp³-hybridized carbons (Fsp3) is 0.619. The number of esters is 1. The van der Waals surface area contributed by atoms with Crippen molar-refractivity contribution in [1.29, 1.82) is 0 Å². The van der Waals surface area contributed by atoms with E-state index in [1.165, 1.54) is 26.4 Å². The van der Waals surface area contributed by atoms with E-state index in [-0.39, 0.29) is 29.9 Å². The lowest BCUT2D eigenvalue weighted by molar-refractivity contribution is -0.140. The summed E-state index contributed by atoms with van der Waals surface area (Å²) in [4.78, 5) is 23.2. The molecule has 0 aromatic rings. The second kappa shape index (κ2) is 10.3. The number of hydrogen-bond acceptors (Lipinski definition) is 4. The Bertz CT molecular complexity index is 544. The van der Waals surface area contributed by atoms with E-state index >= 15 is 0 Å². The molecule has 0 aromatic heterocycles. The average molecular weight is 346 g/mol. The molecule has 0 unspecified atom stereocenters. The molecule has 1 fully saturated rings. The van der Waals surface area contributed by atoms with Gasteiger partial charge in [-0.2, -0.15) is 0 Å². The third-order valence-electron chi connectivity index (χ3n) is 4.76. The van der Waals surface area contributed by atoms with Gasteiger partial charge in [-0.05, 0) is 44.3 Å². The normalized spacial score (nSPS) is 26.7. The van der Waals surface area contributed by atoms with Crippen LogP contribution in [0.25, 0.3) is 0 Å². The highest BCUT2D eigenvalue weighted by Gasteiger charge is 2.38. The Morgan fingerprint density at radius 2 is 2.12 bits per heavy atom. The van der Waals surface area contributed by atoms with Crippen molar-refractivity contribution in [2.75, 3.05) is 7.11 Å². The fourth-order valence-corrected chi connectivity index (χ4v) is 3.13. The summed E-state index contributed by atoms with van der Waals surface area (Å²) >= 11 is 0. The predicted octanol–water partition coefficient (Wildman–Crippen LogP) is 4.31. The molecule has 0 saturated carbocycles. The third kappa shape index (κ3) is 6.62. The number of epoxide rings is 1. The topological polar surface area (TPSA) is 55.9 Å². The number of ether oxygens (including phenoxy) is 2. The molecular weight excluding hydrogens is 316 g/mol. The number of allylic oxidation sites excluding steroid dienone is 5. The molecule has 0 amide bonds. The average Bonchev–Trinajstić information content (AvgIpc) is 3.26. The van der Waals surface area contributed by atoms with E-state index in [0.717, 1.165) is 31.3 Å². The zero-order chi connectivity index (χ0) is 18.1. The van der Waals surface area contributed by atoms with Crippen molar-refractivity contribution >= 4 is 11.8 Å². The van der Waals surface area contributed by atoms with Gasteiger partial charge in [-0.1, -0.05) is 38.0 Å². The van der Waals surface area contributed by atoms with Crippen molar-refractivity contribution in [2.24, 2.45) is 5.92 Å². The highest BCUT2D eigenvalue weighted by molar-refractivity contribution is 6.07. The minimum atomic E-state index is -0.184. The Labute approximate surface area is 151 Å². The standard InChI is InChI=1S/C21H30O4/c1-3-4-5-6-7-8-10-16-13-14-18(22)17(16)15-20-19(25-20)11-9-12-21(23)24-2/h7-8,13-16,19-20H,3-6,9-12H2,1-2H3/b8-7-,17-15+/t16-,19-,20-/m1/s1. The molecule has 0 N–H and O–H groups in total. The van der Waals surface area contributed by atoms with Crippen molar-refractivity contribution in [3.8, 4) is 0 Å². The second-order valence-electron chi connectivity index (χ2n) is 6.76. The fourth-order valence-electron chi connectivity index (χ4n) is 3.13. The monoisotopic (exact) mass is 346 g/mol. The maximum Gasteiger partial charge on any atom is 0.305 e. The summed E-state index contributed by atoms with van der Waals surface area (Å²) in [6.45, 7) is 2.21. The van der Waals surface area contributed by atoms with Crippen LogP contribution in [-0.2, 0) is 19.1 Å². The SMILES string of the molecule is CCCCC/C=C\C[C@@H]1C=CC(=O)/C1=C/[C@H]1O[C@@H]1CCCC(=O)OC. The second-order valence-corrected chi connectivity index (χ2v) is 6.76. The first-order valence-corrected chi connectivity index (χ1v) is 9.47. The van der Waals surface area contributed by atoms with Gasteiger partial charge in [0.1, 0.15) is 6.10 Å². The van der Waals surface area contributed by atoms with Gasteiger partial charge in [-0.3, -0.25) is 9.59 Å². The Kier molecular flexibility index (Phi) is 8.13. The van der Waals surface area contributed by atoms with Gasteiger partial charge in [0.05, 0.1) is 13.2 Å². The first kappa shape index (κ1) is 19.6. The largest absolute Gasteiger partial charge is 0.469 e. The van der Waals surface area contributed by atoms with E-state index < -0.39 is 0 Å². The molecule has 1 saturated heterocycles. The lowest BCUT2D eigenvalue weighted by Gasteiger charge is -2.06. The summed E-state index contributed by atoms with van der Waals surface area (Å²) in [6.07, 6.45) is 18.0. The van der Waals surface area contributed by atoms with Gasteiger partial charge in [0, 0.05) is 17.9 Å². The van der Waals surface area contributed by atoms with Gasteiger partial charge in [0.15, 0.2) is 5.78 Å². The predicted molar refractivity (Wildman–Crippen MR) is 98.1 cm³/mol. The summed E-state index contributed by atoms with van der Waals surface area (Å²) in [5, 5.41) is 0. The highest BCUT2D eigenvalue weighted by Crippen LogP contribution is 2.33. The lowest BCUT2D eigenvalue weighted by Crippen LogP contribution is -2.05. The van der Waals surface area contributed by atoms with Crippen LogP contribution in [-0.4, -0.2) is 31.1 Å². The smallest absolute Gasteiger partial charge is 0.305 e. The Hall–Kier alpha value is -1.68. The van der Waals surface area contributed by atoms with E-state index in [9.17, 15) is 9.59 Å². The van der Waals surface area contributed by atoms with Gasteiger partial charge >= 0.3 is 5.97 Å². The summed E-state index contributed by atoms with van der Waals surface area (Å²) in [5.74, 6) is 0.0968. The molecule has 138 valence electrons. The minimum absolute atomic E-state index is 0.0209. The molecule has 1 heterocycles. The summed E-state index contributed by atoms with van der Waals surface area (Å²) < 4.78 is 10.3. The Morgan fingerprint density at radius 1 is 1.28 bits per heavy atom. The van der Waals surface area contributed by atoms with Crippen LogP contribution >= 0.6 is 0 Å². The van der Waals surface area contributed by atoms with Crippen molar-refractivity contribution < 1.29 is 19.1 Å². The van der Waals surface area contributed by atoms with E-state index in [0.29, 0.717) is 6.42 Å². The van der Waals surface area contributed by atoms with Crippen molar-refractivity contribution in [3.05, 3.63) is 36.0 Å². The molecule has 0 spiro atoms. The van der Waals surface area contributed by atoms with Gasteiger partial charge in [-0.15, -0.1) is 0 Å². The summed E-state index contributed by atoms with van der Waals surface area (Å²) in [5.41, 5.74) is 0.860. The van der Waals surface area contributed by atoms with E-state index in [1.54, 1.807) is 6.08 Å². The van der Waals surface area contributed by atoms with E-state index in [1.807, 2.05) is 12.2 Å². The molecule has 1 aliphatic heterocycles. The molecule has 2 rings (SSSR count). The Morgan fingerprint density at radius 3 is 2.88 bits per heavy atom. The van der Waals surface area contributed by atoms with Gasteiger partial charge in [0.2, 0.25) is 0 Å². The molecule has 25 heavy (non-hydrogen) atoms. The summed E-state index contributed by atoms with van der Waals surface area (Å²) in [6, 6.07) is 0. The number of unbranched alkanes of at least 4 members (excludes halogenated alkanes) is 3. The molecule has 3 atom stereocenters. The molecule has 1 aliphatic carbocycles. The van der Waals surface area contributed by atoms with Gasteiger partial charge < -0.3 is 9.47 Å². The molecule has 0 aromatic carbocycles.